The average Bonchev–Trinajstić information content (AvgIpc) is 3.00. The first-order valence-corrected chi connectivity index (χ1v) is 6.22. The van der Waals surface area contributed by atoms with Gasteiger partial charge in [-0.25, -0.2) is 4.79 Å². The van der Waals surface area contributed by atoms with Crippen LogP contribution in [-0.2, 0) is 4.79 Å². The molecule has 1 unspecified atom stereocenters. The molecular formula is C11H21ClN4O2. The number of carbonyl (C=O) groups is 2. The molecular weight excluding hydrogens is 256 g/mol. The number of likely N-dealkylation sites (tertiary alicyclic amines) is 1. The van der Waals surface area contributed by atoms with E-state index in [1.807, 2.05) is 4.90 Å². The molecule has 2 fully saturated rings. The minimum Gasteiger partial charge on any atom is -0.335 e. The summed E-state index contributed by atoms with van der Waals surface area (Å²) in [5, 5.41) is 5.06. The highest BCUT2D eigenvalue weighted by Crippen LogP contribution is 2.18. The standard InChI is InChI=1S/C11H20N4O2.ClH/c12-8-2-1-5-15(6-8)7-10(16)14-11(17)13-9-3-4-9;/h8-9H,1-7,12H2,(H2,13,14,16,17);1H. The number of rotatable bonds is 3. The maximum Gasteiger partial charge on any atom is 0.321 e. The first-order chi connectivity index (χ1) is 8.13. The molecule has 0 aromatic carbocycles. The lowest BCUT2D eigenvalue weighted by Gasteiger charge is -2.29. The summed E-state index contributed by atoms with van der Waals surface area (Å²) in [5.74, 6) is -0.253. The highest BCUT2D eigenvalue weighted by atomic mass is 35.5. The fourth-order valence-electron chi connectivity index (χ4n) is 2.05. The summed E-state index contributed by atoms with van der Waals surface area (Å²) in [6.07, 6.45) is 4.06. The Bertz CT molecular complexity index is 309. The van der Waals surface area contributed by atoms with Crippen LogP contribution in [0.25, 0.3) is 0 Å². The summed E-state index contributed by atoms with van der Waals surface area (Å²) >= 11 is 0. The van der Waals surface area contributed by atoms with E-state index in [1.165, 1.54) is 0 Å². The number of piperidine rings is 1. The van der Waals surface area contributed by atoms with E-state index >= 15 is 0 Å². The molecule has 3 amide bonds. The van der Waals surface area contributed by atoms with Crippen molar-refractivity contribution in [2.24, 2.45) is 5.73 Å². The maximum atomic E-state index is 11.6. The van der Waals surface area contributed by atoms with Crippen molar-refractivity contribution in [3.63, 3.8) is 0 Å². The van der Waals surface area contributed by atoms with Gasteiger partial charge in [-0.1, -0.05) is 0 Å². The van der Waals surface area contributed by atoms with E-state index in [0.717, 1.165) is 38.8 Å². The van der Waals surface area contributed by atoms with Gasteiger partial charge in [0.2, 0.25) is 5.91 Å². The lowest BCUT2D eigenvalue weighted by Crippen LogP contribution is -2.49. The Morgan fingerprint density at radius 1 is 1.28 bits per heavy atom. The third-order valence-electron chi connectivity index (χ3n) is 3.07. The Hall–Kier alpha value is -0.850. The van der Waals surface area contributed by atoms with E-state index in [-0.39, 0.29) is 43.0 Å². The van der Waals surface area contributed by atoms with Gasteiger partial charge < -0.3 is 11.1 Å². The van der Waals surface area contributed by atoms with Crippen LogP contribution in [0, 0.1) is 0 Å². The van der Waals surface area contributed by atoms with Crippen LogP contribution in [0.2, 0.25) is 0 Å². The topological polar surface area (TPSA) is 87.5 Å². The van der Waals surface area contributed by atoms with Crippen LogP contribution in [-0.4, -0.2) is 48.6 Å². The number of nitrogens with one attached hydrogen (secondary N) is 2. The van der Waals surface area contributed by atoms with Crippen molar-refractivity contribution in [1.82, 2.24) is 15.5 Å². The molecule has 0 aromatic heterocycles. The predicted octanol–water partition coefficient (Wildman–Crippen LogP) is -0.181. The van der Waals surface area contributed by atoms with Gasteiger partial charge >= 0.3 is 6.03 Å². The first kappa shape index (κ1) is 15.2. The number of hydrogen-bond acceptors (Lipinski definition) is 4. The highest BCUT2D eigenvalue weighted by Gasteiger charge is 2.24. The molecule has 1 atom stereocenters. The lowest BCUT2D eigenvalue weighted by molar-refractivity contribution is -0.121. The molecule has 18 heavy (non-hydrogen) atoms. The van der Waals surface area contributed by atoms with E-state index in [2.05, 4.69) is 10.6 Å². The normalized spacial score (nSPS) is 23.9. The Kier molecular flexibility index (Phi) is 5.84. The van der Waals surface area contributed by atoms with Crippen molar-refractivity contribution in [1.29, 1.82) is 0 Å². The fourth-order valence-corrected chi connectivity index (χ4v) is 2.05. The Balaban J connectivity index is 0.00000162. The predicted molar refractivity (Wildman–Crippen MR) is 70.6 cm³/mol. The number of imide groups is 1. The van der Waals surface area contributed by atoms with Crippen LogP contribution in [0.5, 0.6) is 0 Å². The summed E-state index contributed by atoms with van der Waals surface area (Å²) in [4.78, 5) is 24.9. The number of amides is 3. The van der Waals surface area contributed by atoms with E-state index in [9.17, 15) is 9.59 Å². The van der Waals surface area contributed by atoms with E-state index < -0.39 is 0 Å². The smallest absolute Gasteiger partial charge is 0.321 e. The Morgan fingerprint density at radius 3 is 2.61 bits per heavy atom. The third-order valence-corrected chi connectivity index (χ3v) is 3.07. The molecule has 6 nitrogen and oxygen atoms in total. The van der Waals surface area contributed by atoms with Gasteiger partial charge in [0.1, 0.15) is 0 Å². The summed E-state index contributed by atoms with van der Waals surface area (Å²) in [7, 11) is 0. The van der Waals surface area contributed by atoms with Crippen LogP contribution in [0.4, 0.5) is 4.79 Å². The second-order valence-electron chi connectivity index (χ2n) is 4.93. The zero-order valence-corrected chi connectivity index (χ0v) is 11.2. The monoisotopic (exact) mass is 276 g/mol. The summed E-state index contributed by atoms with van der Waals surface area (Å²) in [6, 6.07) is 0.0434. The number of nitrogens with zero attached hydrogens (tertiary/aromatic N) is 1. The van der Waals surface area contributed by atoms with Crippen molar-refractivity contribution in [2.45, 2.75) is 37.8 Å². The molecule has 1 saturated heterocycles. The number of carbonyl (C=O) groups excluding carboxylic acids is 2. The largest absolute Gasteiger partial charge is 0.335 e. The first-order valence-electron chi connectivity index (χ1n) is 6.22. The molecule has 2 rings (SSSR count). The van der Waals surface area contributed by atoms with Crippen LogP contribution in [0.1, 0.15) is 25.7 Å². The molecule has 1 saturated carbocycles. The zero-order chi connectivity index (χ0) is 12.3. The quantitative estimate of drug-likeness (QED) is 0.667. The van der Waals surface area contributed by atoms with Crippen molar-refractivity contribution in [3.8, 4) is 0 Å². The molecule has 104 valence electrons. The third kappa shape index (κ3) is 5.20. The van der Waals surface area contributed by atoms with Gasteiger partial charge in [-0.2, -0.15) is 0 Å². The van der Waals surface area contributed by atoms with Gasteiger partial charge in [-0.05, 0) is 32.2 Å². The van der Waals surface area contributed by atoms with E-state index in [4.69, 9.17) is 5.73 Å². The van der Waals surface area contributed by atoms with Crippen LogP contribution in [0.3, 0.4) is 0 Å². The molecule has 0 bridgehead atoms. The maximum absolute atomic E-state index is 11.6. The second-order valence-corrected chi connectivity index (χ2v) is 4.93. The number of hydrogen-bond donors (Lipinski definition) is 3. The molecule has 0 aromatic rings. The molecule has 0 radical (unpaired) electrons. The Labute approximate surface area is 113 Å². The average molecular weight is 277 g/mol. The molecule has 1 aliphatic heterocycles. The number of urea groups is 1. The van der Waals surface area contributed by atoms with Gasteiger partial charge in [-0.3, -0.25) is 15.0 Å². The minimum absolute atomic E-state index is 0. The fraction of sp³-hybridized carbons (Fsp3) is 0.818. The molecule has 4 N–H and O–H groups in total. The van der Waals surface area contributed by atoms with Gasteiger partial charge in [0, 0.05) is 18.6 Å². The molecule has 1 heterocycles. The second kappa shape index (κ2) is 6.92. The van der Waals surface area contributed by atoms with Gasteiger partial charge in [0.15, 0.2) is 0 Å². The Morgan fingerprint density at radius 2 is 2.00 bits per heavy atom. The highest BCUT2D eigenvalue weighted by molar-refractivity contribution is 5.95. The van der Waals surface area contributed by atoms with Crippen molar-refractivity contribution in [3.05, 3.63) is 0 Å². The summed E-state index contributed by atoms with van der Waals surface area (Å²) < 4.78 is 0. The van der Waals surface area contributed by atoms with Gasteiger partial charge in [-0.15, -0.1) is 12.4 Å². The molecule has 0 spiro atoms. The van der Waals surface area contributed by atoms with Crippen molar-refractivity contribution in [2.75, 3.05) is 19.6 Å². The van der Waals surface area contributed by atoms with E-state index in [0.29, 0.717) is 0 Å². The van der Waals surface area contributed by atoms with Crippen molar-refractivity contribution >= 4 is 24.3 Å². The summed E-state index contributed by atoms with van der Waals surface area (Å²) in [6.45, 7) is 1.87. The van der Waals surface area contributed by atoms with E-state index in [1.54, 1.807) is 0 Å². The SMILES string of the molecule is Cl.NC1CCCN(CC(=O)NC(=O)NC2CC2)C1. The van der Waals surface area contributed by atoms with Gasteiger partial charge in [0.05, 0.1) is 6.54 Å². The molecule has 7 heteroatoms. The number of halogens is 1. The zero-order valence-electron chi connectivity index (χ0n) is 10.4. The number of nitrogens with two attached hydrogens (primary N) is 1. The minimum atomic E-state index is -0.376. The molecule has 1 aliphatic carbocycles. The van der Waals surface area contributed by atoms with Crippen LogP contribution in [0.15, 0.2) is 0 Å². The van der Waals surface area contributed by atoms with Crippen LogP contribution < -0.4 is 16.4 Å². The lowest BCUT2D eigenvalue weighted by atomic mass is 10.1. The van der Waals surface area contributed by atoms with Crippen molar-refractivity contribution < 1.29 is 9.59 Å². The van der Waals surface area contributed by atoms with Gasteiger partial charge in [0.25, 0.3) is 0 Å². The van der Waals surface area contributed by atoms with Crippen LogP contribution >= 0.6 is 12.4 Å². The summed E-state index contributed by atoms with van der Waals surface area (Å²) in [5.41, 5.74) is 5.82. The molecule has 2 aliphatic rings.